The average molecular weight is 352 g/mol. The number of hydrogen-bond acceptors (Lipinski definition) is 4. The van der Waals surface area contributed by atoms with Crippen molar-refractivity contribution in [3.8, 4) is 0 Å². The molecule has 2 heterocycles. The summed E-state index contributed by atoms with van der Waals surface area (Å²) in [5.74, 6) is 0.115. The fraction of sp³-hybridized carbons (Fsp3) is 0.300. The van der Waals surface area contributed by atoms with Crippen molar-refractivity contribution in [2.24, 2.45) is 0 Å². The van der Waals surface area contributed by atoms with Gasteiger partial charge in [0.05, 0.1) is 11.4 Å². The number of ether oxygens (including phenoxy) is 1. The number of benzene rings is 1. The Morgan fingerprint density at radius 2 is 2.08 bits per heavy atom. The predicted molar refractivity (Wildman–Crippen MR) is 98.9 cm³/mol. The molecule has 4 rings (SSSR count). The SMILES string of the molecule is Cc1ccc2nc(COC(=O)CSc3ccc4c(c3)CCC4)cn2c1. The number of fused-ring (bicyclic) bond motifs is 2. The number of imidazole rings is 1. The van der Waals surface area contributed by atoms with Gasteiger partial charge in [0, 0.05) is 17.3 Å². The molecule has 0 saturated carbocycles. The van der Waals surface area contributed by atoms with Gasteiger partial charge < -0.3 is 9.14 Å². The summed E-state index contributed by atoms with van der Waals surface area (Å²) in [5.41, 5.74) is 5.68. The van der Waals surface area contributed by atoms with E-state index in [0.29, 0.717) is 5.75 Å². The van der Waals surface area contributed by atoms with E-state index in [1.165, 1.54) is 41.3 Å². The second-order valence-electron chi connectivity index (χ2n) is 6.44. The zero-order valence-corrected chi connectivity index (χ0v) is 15.0. The van der Waals surface area contributed by atoms with Gasteiger partial charge in [0.25, 0.3) is 0 Å². The number of aromatic nitrogens is 2. The summed E-state index contributed by atoms with van der Waals surface area (Å²) in [5, 5.41) is 0. The van der Waals surface area contributed by atoms with Gasteiger partial charge in [-0.05, 0) is 61.1 Å². The van der Waals surface area contributed by atoms with Gasteiger partial charge in [0.1, 0.15) is 12.3 Å². The van der Waals surface area contributed by atoms with Crippen molar-refractivity contribution in [3.05, 3.63) is 65.1 Å². The van der Waals surface area contributed by atoms with E-state index < -0.39 is 0 Å². The zero-order valence-electron chi connectivity index (χ0n) is 14.2. The lowest BCUT2D eigenvalue weighted by Gasteiger charge is -2.05. The molecule has 0 saturated heterocycles. The standard InChI is InChI=1S/C20H20N2O2S/c1-14-5-8-19-21-17(11-22(19)10-14)12-24-20(23)13-25-18-7-6-15-3-2-4-16(15)9-18/h5-11H,2-4,12-13H2,1H3. The van der Waals surface area contributed by atoms with Gasteiger partial charge in [-0.3, -0.25) is 4.79 Å². The van der Waals surface area contributed by atoms with Crippen LogP contribution in [-0.4, -0.2) is 21.1 Å². The van der Waals surface area contributed by atoms with Crippen LogP contribution in [0.25, 0.3) is 5.65 Å². The molecular weight excluding hydrogens is 332 g/mol. The van der Waals surface area contributed by atoms with Crippen molar-refractivity contribution >= 4 is 23.4 Å². The number of pyridine rings is 1. The maximum Gasteiger partial charge on any atom is 0.316 e. The number of carbonyl (C=O) groups is 1. The number of nitrogens with zero attached hydrogens (tertiary/aromatic N) is 2. The van der Waals surface area contributed by atoms with E-state index in [0.717, 1.165) is 22.7 Å². The van der Waals surface area contributed by atoms with Crippen LogP contribution < -0.4 is 0 Å². The van der Waals surface area contributed by atoms with Crippen LogP contribution in [0, 0.1) is 6.92 Å². The van der Waals surface area contributed by atoms with Crippen LogP contribution in [-0.2, 0) is 29.0 Å². The van der Waals surface area contributed by atoms with Crippen LogP contribution in [0.1, 0.15) is 28.8 Å². The summed E-state index contributed by atoms with van der Waals surface area (Å²) in [6.07, 6.45) is 7.49. The first kappa shape index (κ1) is 16.2. The highest BCUT2D eigenvalue weighted by Crippen LogP contribution is 2.27. The number of rotatable bonds is 5. The first-order valence-corrected chi connectivity index (χ1v) is 9.50. The lowest BCUT2D eigenvalue weighted by molar-refractivity contribution is -0.141. The molecule has 0 amide bonds. The van der Waals surface area contributed by atoms with Crippen LogP contribution >= 0.6 is 11.8 Å². The van der Waals surface area contributed by atoms with Gasteiger partial charge in [-0.2, -0.15) is 0 Å². The van der Waals surface area contributed by atoms with Crippen LogP contribution in [0.15, 0.2) is 47.6 Å². The normalized spacial score (nSPS) is 13.2. The molecule has 5 heteroatoms. The van der Waals surface area contributed by atoms with Crippen molar-refractivity contribution < 1.29 is 9.53 Å². The molecule has 0 N–H and O–H groups in total. The van der Waals surface area contributed by atoms with Gasteiger partial charge in [0.15, 0.2) is 0 Å². The van der Waals surface area contributed by atoms with E-state index in [4.69, 9.17) is 4.74 Å². The molecule has 25 heavy (non-hydrogen) atoms. The summed E-state index contributed by atoms with van der Waals surface area (Å²) in [4.78, 5) is 17.6. The van der Waals surface area contributed by atoms with Gasteiger partial charge in [-0.15, -0.1) is 11.8 Å². The summed E-state index contributed by atoms with van der Waals surface area (Å²) in [7, 11) is 0. The largest absolute Gasteiger partial charge is 0.458 e. The molecule has 0 bridgehead atoms. The smallest absolute Gasteiger partial charge is 0.316 e. The van der Waals surface area contributed by atoms with E-state index >= 15 is 0 Å². The molecule has 0 fully saturated rings. The number of thioether (sulfide) groups is 1. The van der Waals surface area contributed by atoms with E-state index in [2.05, 4.69) is 23.2 Å². The molecule has 2 aromatic heterocycles. The minimum atomic E-state index is -0.210. The molecule has 3 aromatic rings. The number of aryl methyl sites for hydroxylation is 3. The predicted octanol–water partition coefficient (Wildman–Crippen LogP) is 3.97. The van der Waals surface area contributed by atoms with Gasteiger partial charge in [0.2, 0.25) is 0 Å². The van der Waals surface area contributed by atoms with Gasteiger partial charge >= 0.3 is 5.97 Å². The van der Waals surface area contributed by atoms with E-state index in [1.54, 1.807) is 0 Å². The Balaban J connectivity index is 1.31. The Morgan fingerprint density at radius 3 is 3.00 bits per heavy atom. The van der Waals surface area contributed by atoms with Crippen LogP contribution in [0.5, 0.6) is 0 Å². The molecule has 0 unspecified atom stereocenters. The number of esters is 1. The van der Waals surface area contributed by atoms with Gasteiger partial charge in [-0.25, -0.2) is 4.98 Å². The van der Waals surface area contributed by atoms with Crippen LogP contribution in [0.4, 0.5) is 0 Å². The maximum absolute atomic E-state index is 12.0. The molecular formula is C20H20N2O2S. The minimum absolute atomic E-state index is 0.210. The highest BCUT2D eigenvalue weighted by molar-refractivity contribution is 8.00. The first-order valence-electron chi connectivity index (χ1n) is 8.52. The quantitative estimate of drug-likeness (QED) is 0.515. The summed E-state index contributed by atoms with van der Waals surface area (Å²) in [6.45, 7) is 2.25. The minimum Gasteiger partial charge on any atom is -0.458 e. The molecule has 4 nitrogen and oxygen atoms in total. The number of carbonyl (C=O) groups excluding carboxylic acids is 1. The van der Waals surface area contributed by atoms with Crippen LogP contribution in [0.3, 0.4) is 0 Å². The Labute approximate surface area is 151 Å². The highest BCUT2D eigenvalue weighted by Gasteiger charge is 2.12. The fourth-order valence-corrected chi connectivity index (χ4v) is 3.96. The second kappa shape index (κ2) is 6.92. The molecule has 1 aliphatic carbocycles. The first-order chi connectivity index (χ1) is 12.2. The molecule has 1 aliphatic rings. The Hall–Kier alpha value is -2.27. The van der Waals surface area contributed by atoms with Crippen molar-refractivity contribution in [1.82, 2.24) is 9.38 Å². The Morgan fingerprint density at radius 1 is 1.20 bits per heavy atom. The van der Waals surface area contributed by atoms with E-state index in [1.807, 2.05) is 35.9 Å². The fourth-order valence-electron chi connectivity index (χ4n) is 3.20. The third kappa shape index (κ3) is 3.71. The number of hydrogen-bond donors (Lipinski definition) is 0. The summed E-state index contributed by atoms with van der Waals surface area (Å²) >= 11 is 1.54. The molecule has 0 spiro atoms. The van der Waals surface area contributed by atoms with Crippen molar-refractivity contribution in [2.45, 2.75) is 37.7 Å². The zero-order chi connectivity index (χ0) is 17.2. The molecule has 128 valence electrons. The van der Waals surface area contributed by atoms with E-state index in [-0.39, 0.29) is 12.6 Å². The second-order valence-corrected chi connectivity index (χ2v) is 7.49. The third-order valence-electron chi connectivity index (χ3n) is 4.46. The van der Waals surface area contributed by atoms with E-state index in [9.17, 15) is 4.79 Å². The maximum atomic E-state index is 12.0. The highest BCUT2D eigenvalue weighted by atomic mass is 32.2. The summed E-state index contributed by atoms with van der Waals surface area (Å²) in [6, 6.07) is 10.5. The lowest BCUT2D eigenvalue weighted by Crippen LogP contribution is -2.07. The average Bonchev–Trinajstić information content (AvgIpc) is 3.23. The van der Waals surface area contributed by atoms with Crippen LogP contribution in [0.2, 0.25) is 0 Å². The van der Waals surface area contributed by atoms with Gasteiger partial charge in [-0.1, -0.05) is 12.1 Å². The Bertz CT molecular complexity index is 933. The molecule has 0 radical (unpaired) electrons. The van der Waals surface area contributed by atoms with Crippen molar-refractivity contribution in [3.63, 3.8) is 0 Å². The van der Waals surface area contributed by atoms with Crippen molar-refractivity contribution in [1.29, 1.82) is 0 Å². The topological polar surface area (TPSA) is 43.6 Å². The molecule has 0 aliphatic heterocycles. The molecule has 1 aromatic carbocycles. The third-order valence-corrected chi connectivity index (χ3v) is 5.42. The monoisotopic (exact) mass is 352 g/mol. The summed E-state index contributed by atoms with van der Waals surface area (Å²) < 4.78 is 7.32. The lowest BCUT2D eigenvalue weighted by atomic mass is 10.1. The Kier molecular flexibility index (Phi) is 4.49. The molecule has 0 atom stereocenters. The van der Waals surface area contributed by atoms with Crippen molar-refractivity contribution in [2.75, 3.05) is 5.75 Å².